The number of amides is 1. The van der Waals surface area contributed by atoms with Gasteiger partial charge in [-0.1, -0.05) is 48.0 Å². The van der Waals surface area contributed by atoms with Gasteiger partial charge in [0, 0.05) is 33.3 Å². The van der Waals surface area contributed by atoms with Crippen LogP contribution in [0.15, 0.2) is 60.3 Å². The van der Waals surface area contributed by atoms with E-state index in [9.17, 15) is 9.59 Å². The van der Waals surface area contributed by atoms with Crippen LogP contribution in [0.3, 0.4) is 0 Å². The van der Waals surface area contributed by atoms with Crippen LogP contribution >= 0.6 is 34.2 Å². The Bertz CT molecular complexity index is 1290. The van der Waals surface area contributed by atoms with Gasteiger partial charge < -0.3 is 14.2 Å². The molecule has 0 atom stereocenters. The summed E-state index contributed by atoms with van der Waals surface area (Å²) in [5.41, 5.74) is 2.07. The second-order valence-electron chi connectivity index (χ2n) is 10.4. The summed E-state index contributed by atoms with van der Waals surface area (Å²) in [6.45, 7) is 11.3. The molecule has 0 aliphatic carbocycles. The molecule has 3 aromatic rings. The summed E-state index contributed by atoms with van der Waals surface area (Å²) < 4.78 is 19.7. The summed E-state index contributed by atoms with van der Waals surface area (Å²) in [6, 6.07) is 13.3. The Hall–Kier alpha value is -2.72. The summed E-state index contributed by atoms with van der Waals surface area (Å²) in [5, 5.41) is 0.732. The van der Waals surface area contributed by atoms with Gasteiger partial charge in [-0.25, -0.2) is 14.2 Å². The van der Waals surface area contributed by atoms with Gasteiger partial charge in [-0.15, -0.1) is 0 Å². The predicted molar refractivity (Wildman–Crippen MR) is 156 cm³/mol. The van der Waals surface area contributed by atoms with Crippen molar-refractivity contribution in [2.45, 2.75) is 59.4 Å². The zero-order valence-electron chi connectivity index (χ0n) is 21.9. The van der Waals surface area contributed by atoms with Crippen LogP contribution in [0.25, 0.3) is 10.9 Å². The zero-order chi connectivity index (χ0) is 27.4. The lowest BCUT2D eigenvalue weighted by atomic mass is 10.2. The van der Waals surface area contributed by atoms with Crippen molar-refractivity contribution in [1.29, 1.82) is 0 Å². The number of ether oxygens (including phenoxy) is 3. The van der Waals surface area contributed by atoms with Crippen molar-refractivity contribution in [3.8, 4) is 5.75 Å². The highest BCUT2D eigenvalue weighted by Crippen LogP contribution is 2.39. The van der Waals surface area contributed by atoms with Crippen LogP contribution in [0.1, 0.15) is 47.1 Å². The molecule has 0 N–H and O–H groups in total. The minimum absolute atomic E-state index is 0.185. The Morgan fingerprint density at radius 1 is 1.03 bits per heavy atom. The molecule has 0 saturated carbocycles. The minimum Gasteiger partial charge on any atom is -0.487 e. The van der Waals surface area contributed by atoms with Gasteiger partial charge >= 0.3 is 12.2 Å². The lowest BCUT2D eigenvalue weighted by molar-refractivity contribution is 0.0540. The summed E-state index contributed by atoms with van der Waals surface area (Å²) in [4.78, 5) is 27.8. The topological polar surface area (TPSA) is 70.0 Å². The van der Waals surface area contributed by atoms with E-state index in [0.29, 0.717) is 17.0 Å². The van der Waals surface area contributed by atoms with E-state index in [1.807, 2.05) is 77.9 Å². The fraction of sp³-hybridized carbons (Fsp3) is 0.357. The van der Waals surface area contributed by atoms with E-state index in [2.05, 4.69) is 22.6 Å². The molecule has 7 nitrogen and oxygen atoms in total. The highest BCUT2D eigenvalue weighted by Gasteiger charge is 2.28. The van der Waals surface area contributed by atoms with Gasteiger partial charge in [0.25, 0.3) is 0 Å². The molecule has 0 unspecified atom stereocenters. The van der Waals surface area contributed by atoms with E-state index in [-0.39, 0.29) is 13.2 Å². The molecular weight excluding hydrogens is 607 g/mol. The first kappa shape index (κ1) is 28.8. The Morgan fingerprint density at radius 3 is 2.27 bits per heavy atom. The van der Waals surface area contributed by atoms with E-state index in [1.165, 1.54) is 15.0 Å². The van der Waals surface area contributed by atoms with Gasteiger partial charge in [0.05, 0.1) is 5.69 Å². The van der Waals surface area contributed by atoms with Crippen LogP contribution in [0.4, 0.5) is 15.3 Å². The molecule has 3 rings (SSSR count). The van der Waals surface area contributed by atoms with Crippen LogP contribution in [0, 0.1) is 3.57 Å². The second-order valence-corrected chi connectivity index (χ2v) is 11.7. The molecule has 37 heavy (non-hydrogen) atoms. The van der Waals surface area contributed by atoms with E-state index in [0.717, 1.165) is 14.5 Å². The number of aromatic nitrogens is 1. The molecule has 0 spiro atoms. The van der Waals surface area contributed by atoms with E-state index in [1.54, 1.807) is 18.3 Å². The molecule has 0 fully saturated rings. The summed E-state index contributed by atoms with van der Waals surface area (Å²) in [7, 11) is 0. The number of nitrogens with zero attached hydrogens (tertiary/aromatic N) is 2. The van der Waals surface area contributed by atoms with Crippen molar-refractivity contribution < 1.29 is 23.8 Å². The largest absolute Gasteiger partial charge is 0.487 e. The number of hydrogen-bond donors (Lipinski definition) is 0. The van der Waals surface area contributed by atoms with Gasteiger partial charge in [-0.3, -0.25) is 4.90 Å². The van der Waals surface area contributed by atoms with Gasteiger partial charge in [0.15, 0.2) is 0 Å². The first-order valence-electron chi connectivity index (χ1n) is 11.8. The molecule has 198 valence electrons. The first-order chi connectivity index (χ1) is 17.3. The normalized spacial score (nSPS) is 12.1. The molecule has 0 radical (unpaired) electrons. The maximum absolute atomic E-state index is 13.2. The van der Waals surface area contributed by atoms with Crippen LogP contribution < -0.4 is 9.64 Å². The van der Waals surface area contributed by atoms with Gasteiger partial charge in [0.1, 0.15) is 29.1 Å². The van der Waals surface area contributed by atoms with Gasteiger partial charge in [-0.2, -0.15) is 0 Å². The number of rotatable bonds is 6. The Kier molecular flexibility index (Phi) is 9.18. The van der Waals surface area contributed by atoms with Crippen LogP contribution in [-0.2, 0) is 16.1 Å². The minimum atomic E-state index is -0.692. The average molecular weight is 639 g/mol. The van der Waals surface area contributed by atoms with Crippen LogP contribution in [-0.4, -0.2) is 34.5 Å². The molecule has 1 amide bonds. The summed E-state index contributed by atoms with van der Waals surface area (Å²) >= 11 is 7.98. The molecule has 1 aromatic heterocycles. The van der Waals surface area contributed by atoms with Crippen LogP contribution in [0.2, 0.25) is 0 Å². The van der Waals surface area contributed by atoms with Crippen molar-refractivity contribution >= 4 is 63.0 Å². The lowest BCUT2D eigenvalue weighted by Gasteiger charge is -2.28. The monoisotopic (exact) mass is 638 g/mol. The quantitative estimate of drug-likeness (QED) is 0.255. The molecule has 0 saturated heterocycles. The third-order valence-corrected chi connectivity index (χ3v) is 6.27. The van der Waals surface area contributed by atoms with E-state index in [4.69, 9.17) is 25.8 Å². The maximum atomic E-state index is 13.2. The smallest absolute Gasteiger partial charge is 0.419 e. The lowest BCUT2D eigenvalue weighted by Crippen LogP contribution is -2.37. The number of carbonyl (C=O) groups is 2. The predicted octanol–water partition coefficient (Wildman–Crippen LogP) is 8.10. The summed E-state index contributed by atoms with van der Waals surface area (Å²) in [5.74, 6) is 0.425. The van der Waals surface area contributed by atoms with Crippen molar-refractivity contribution in [3.05, 3.63) is 69.4 Å². The molecule has 0 aliphatic rings. The first-order valence-corrected chi connectivity index (χ1v) is 13.3. The molecular formula is C28H32ClIN2O5. The number of carbonyl (C=O) groups excluding carboxylic acids is 2. The van der Waals surface area contributed by atoms with Crippen molar-refractivity contribution in [2.24, 2.45) is 0 Å². The van der Waals surface area contributed by atoms with Crippen molar-refractivity contribution in [3.63, 3.8) is 0 Å². The zero-order valence-corrected chi connectivity index (χ0v) is 24.8. The molecule has 0 bridgehead atoms. The Labute approximate surface area is 236 Å². The molecule has 2 aromatic carbocycles. The molecule has 0 aliphatic heterocycles. The third kappa shape index (κ3) is 7.64. The number of halogens is 2. The standard InChI is InChI=1S/C28H32ClIN2O5/c1-27(2,3)36-25(33)31(15-10-14-29)21-17-22(35-18-19-11-8-7-9-12-19)24-20(23(21)30)13-16-32(24)26(34)37-28(4,5)6/h7-14,16-17H,15,18H2,1-6H3. The van der Waals surface area contributed by atoms with Crippen molar-refractivity contribution in [1.82, 2.24) is 4.57 Å². The van der Waals surface area contributed by atoms with Crippen LogP contribution in [0.5, 0.6) is 5.75 Å². The summed E-state index contributed by atoms with van der Waals surface area (Å²) in [6.07, 6.45) is 2.25. The molecule has 1 heterocycles. The number of fused-ring (bicyclic) bond motifs is 1. The molecule has 9 heteroatoms. The van der Waals surface area contributed by atoms with Gasteiger partial charge in [0.2, 0.25) is 0 Å². The van der Waals surface area contributed by atoms with Gasteiger partial charge in [-0.05, 0) is 75.8 Å². The average Bonchev–Trinajstić information content (AvgIpc) is 3.24. The fourth-order valence-electron chi connectivity index (χ4n) is 3.49. The Morgan fingerprint density at radius 2 is 1.68 bits per heavy atom. The maximum Gasteiger partial charge on any atom is 0.419 e. The third-order valence-electron chi connectivity index (χ3n) is 4.96. The number of benzene rings is 2. The fourth-order valence-corrected chi connectivity index (χ4v) is 4.46. The SMILES string of the molecule is CC(C)(C)OC(=O)N(CC=CCl)c1cc(OCc2ccccc2)c2c(ccn2C(=O)OC(C)(C)C)c1I. The highest BCUT2D eigenvalue weighted by molar-refractivity contribution is 14.1. The van der Waals surface area contributed by atoms with E-state index >= 15 is 0 Å². The highest BCUT2D eigenvalue weighted by atomic mass is 127. The number of hydrogen-bond acceptors (Lipinski definition) is 5. The second kappa shape index (κ2) is 11.8. The van der Waals surface area contributed by atoms with Crippen molar-refractivity contribution in [2.75, 3.05) is 11.4 Å². The Balaban J connectivity index is 2.17. The van der Waals surface area contributed by atoms with E-state index < -0.39 is 23.4 Å². The number of anilines is 1.